The standard InChI is InChI=1S/C15H19N3O2S/c1-3-12-5-4-6-14(9-12)18-21(19,20)15-8-7-13(10-16-2)11-17-15/h4-9,11,16,18H,3,10H2,1-2H3. The highest BCUT2D eigenvalue weighted by Crippen LogP contribution is 2.16. The molecule has 0 saturated carbocycles. The Kier molecular flexibility index (Phi) is 4.93. The van der Waals surface area contributed by atoms with E-state index >= 15 is 0 Å². The normalized spacial score (nSPS) is 11.3. The van der Waals surface area contributed by atoms with Gasteiger partial charge in [-0.05, 0) is 42.8 Å². The summed E-state index contributed by atoms with van der Waals surface area (Å²) in [6.07, 6.45) is 2.42. The minimum Gasteiger partial charge on any atom is -0.316 e. The van der Waals surface area contributed by atoms with Crippen LogP contribution in [0.1, 0.15) is 18.1 Å². The molecule has 0 aliphatic rings. The molecule has 0 atom stereocenters. The third-order valence-electron chi connectivity index (χ3n) is 3.04. The first-order valence-electron chi connectivity index (χ1n) is 6.76. The molecule has 21 heavy (non-hydrogen) atoms. The average Bonchev–Trinajstić information content (AvgIpc) is 2.48. The van der Waals surface area contributed by atoms with Crippen molar-refractivity contribution in [2.24, 2.45) is 0 Å². The Bertz CT molecular complexity index is 697. The van der Waals surface area contributed by atoms with Crippen molar-refractivity contribution in [3.63, 3.8) is 0 Å². The van der Waals surface area contributed by atoms with Gasteiger partial charge < -0.3 is 5.32 Å². The lowest BCUT2D eigenvalue weighted by Gasteiger charge is -2.09. The second kappa shape index (κ2) is 6.69. The number of pyridine rings is 1. The summed E-state index contributed by atoms with van der Waals surface area (Å²) in [6.45, 7) is 2.68. The fourth-order valence-electron chi connectivity index (χ4n) is 1.94. The Morgan fingerprint density at radius 3 is 2.57 bits per heavy atom. The van der Waals surface area contributed by atoms with Crippen LogP contribution in [0.15, 0.2) is 47.6 Å². The number of anilines is 1. The van der Waals surface area contributed by atoms with Crippen molar-refractivity contribution in [1.29, 1.82) is 0 Å². The van der Waals surface area contributed by atoms with Crippen LogP contribution in [0.4, 0.5) is 5.69 Å². The van der Waals surface area contributed by atoms with Crippen LogP contribution in [0.5, 0.6) is 0 Å². The first-order valence-corrected chi connectivity index (χ1v) is 8.25. The maximum atomic E-state index is 12.3. The SMILES string of the molecule is CCc1cccc(NS(=O)(=O)c2ccc(CNC)cn2)c1. The van der Waals surface area contributed by atoms with Gasteiger partial charge in [0.25, 0.3) is 10.0 Å². The summed E-state index contributed by atoms with van der Waals surface area (Å²) in [6, 6.07) is 10.6. The Hall–Kier alpha value is -1.92. The topological polar surface area (TPSA) is 71.1 Å². The van der Waals surface area contributed by atoms with Gasteiger partial charge in [0.15, 0.2) is 5.03 Å². The average molecular weight is 305 g/mol. The molecule has 0 radical (unpaired) electrons. The minimum atomic E-state index is -3.65. The van der Waals surface area contributed by atoms with E-state index < -0.39 is 10.0 Å². The van der Waals surface area contributed by atoms with Crippen molar-refractivity contribution in [2.45, 2.75) is 24.9 Å². The lowest BCUT2D eigenvalue weighted by Crippen LogP contribution is -2.15. The molecule has 2 rings (SSSR count). The van der Waals surface area contributed by atoms with Crippen LogP contribution in [-0.4, -0.2) is 20.4 Å². The second-order valence-electron chi connectivity index (χ2n) is 4.69. The van der Waals surface area contributed by atoms with Gasteiger partial charge in [0.05, 0.1) is 0 Å². The number of benzene rings is 1. The number of hydrogen-bond donors (Lipinski definition) is 2. The molecule has 2 N–H and O–H groups in total. The fourth-order valence-corrected chi connectivity index (χ4v) is 2.92. The van der Waals surface area contributed by atoms with E-state index in [9.17, 15) is 8.42 Å². The highest BCUT2D eigenvalue weighted by Gasteiger charge is 2.15. The quantitative estimate of drug-likeness (QED) is 0.858. The van der Waals surface area contributed by atoms with E-state index in [-0.39, 0.29) is 5.03 Å². The number of nitrogens with zero attached hydrogens (tertiary/aromatic N) is 1. The predicted molar refractivity (Wildman–Crippen MR) is 83.6 cm³/mol. The summed E-state index contributed by atoms with van der Waals surface area (Å²) in [5.74, 6) is 0. The van der Waals surface area contributed by atoms with Crippen molar-refractivity contribution < 1.29 is 8.42 Å². The largest absolute Gasteiger partial charge is 0.316 e. The van der Waals surface area contributed by atoms with Crippen LogP contribution in [0.3, 0.4) is 0 Å². The van der Waals surface area contributed by atoms with E-state index in [4.69, 9.17) is 0 Å². The van der Waals surface area contributed by atoms with Gasteiger partial charge in [0.2, 0.25) is 0 Å². The van der Waals surface area contributed by atoms with Crippen molar-refractivity contribution in [2.75, 3.05) is 11.8 Å². The molecule has 0 fully saturated rings. The Labute approximate surface area is 125 Å². The molecular weight excluding hydrogens is 286 g/mol. The van der Waals surface area contributed by atoms with Gasteiger partial charge in [-0.1, -0.05) is 25.1 Å². The Morgan fingerprint density at radius 2 is 1.95 bits per heavy atom. The highest BCUT2D eigenvalue weighted by atomic mass is 32.2. The minimum absolute atomic E-state index is 0.0178. The third-order valence-corrected chi connectivity index (χ3v) is 4.34. The number of hydrogen-bond acceptors (Lipinski definition) is 4. The first kappa shape index (κ1) is 15.5. The monoisotopic (exact) mass is 305 g/mol. The van der Waals surface area contributed by atoms with Gasteiger partial charge in [-0.15, -0.1) is 0 Å². The molecule has 6 heteroatoms. The fraction of sp³-hybridized carbons (Fsp3) is 0.267. The molecule has 1 heterocycles. The summed E-state index contributed by atoms with van der Waals surface area (Å²) in [7, 11) is -1.83. The van der Waals surface area contributed by atoms with Crippen molar-refractivity contribution in [1.82, 2.24) is 10.3 Å². The zero-order chi connectivity index (χ0) is 15.3. The molecule has 0 spiro atoms. The van der Waals surface area contributed by atoms with E-state index in [1.54, 1.807) is 18.3 Å². The van der Waals surface area contributed by atoms with Crippen LogP contribution in [0.2, 0.25) is 0 Å². The van der Waals surface area contributed by atoms with Crippen molar-refractivity contribution in [3.05, 3.63) is 53.7 Å². The summed E-state index contributed by atoms with van der Waals surface area (Å²) in [4.78, 5) is 4.02. The van der Waals surface area contributed by atoms with Gasteiger partial charge in [0, 0.05) is 18.4 Å². The molecule has 0 aliphatic carbocycles. The van der Waals surface area contributed by atoms with Gasteiger partial charge in [-0.3, -0.25) is 4.72 Å². The zero-order valence-electron chi connectivity index (χ0n) is 12.1. The number of nitrogens with one attached hydrogen (secondary N) is 2. The van der Waals surface area contributed by atoms with Crippen LogP contribution < -0.4 is 10.0 Å². The van der Waals surface area contributed by atoms with Gasteiger partial charge in [-0.25, -0.2) is 4.98 Å². The summed E-state index contributed by atoms with van der Waals surface area (Å²) in [5.41, 5.74) is 2.56. The molecule has 112 valence electrons. The molecule has 0 aliphatic heterocycles. The molecule has 1 aromatic carbocycles. The molecule has 0 saturated heterocycles. The number of rotatable bonds is 6. The van der Waals surface area contributed by atoms with Gasteiger partial charge in [0.1, 0.15) is 0 Å². The van der Waals surface area contributed by atoms with Crippen molar-refractivity contribution >= 4 is 15.7 Å². The smallest absolute Gasteiger partial charge is 0.279 e. The molecular formula is C15H19N3O2S. The number of sulfonamides is 1. The van der Waals surface area contributed by atoms with Crippen LogP contribution in [0.25, 0.3) is 0 Å². The lowest BCUT2D eigenvalue weighted by molar-refractivity contribution is 0.597. The summed E-state index contributed by atoms with van der Waals surface area (Å²) in [5, 5.41) is 3.01. The van der Waals surface area contributed by atoms with E-state index in [0.29, 0.717) is 12.2 Å². The second-order valence-corrected chi connectivity index (χ2v) is 6.32. The van der Waals surface area contributed by atoms with E-state index in [1.807, 2.05) is 32.2 Å². The molecule has 0 bridgehead atoms. The number of aryl methyl sites for hydroxylation is 1. The van der Waals surface area contributed by atoms with E-state index in [2.05, 4.69) is 15.0 Å². The molecule has 2 aromatic rings. The van der Waals surface area contributed by atoms with Crippen molar-refractivity contribution in [3.8, 4) is 0 Å². The molecule has 5 nitrogen and oxygen atoms in total. The lowest BCUT2D eigenvalue weighted by atomic mass is 10.1. The Balaban J connectivity index is 2.21. The molecule has 0 unspecified atom stereocenters. The van der Waals surface area contributed by atoms with E-state index in [0.717, 1.165) is 17.5 Å². The van der Waals surface area contributed by atoms with Crippen LogP contribution in [0, 0.1) is 0 Å². The maximum absolute atomic E-state index is 12.3. The summed E-state index contributed by atoms with van der Waals surface area (Å²) >= 11 is 0. The first-order chi connectivity index (χ1) is 10.0. The predicted octanol–water partition coefficient (Wildman–Crippen LogP) is 2.16. The van der Waals surface area contributed by atoms with Gasteiger partial charge >= 0.3 is 0 Å². The summed E-state index contributed by atoms with van der Waals surface area (Å²) < 4.78 is 27.1. The zero-order valence-corrected chi connectivity index (χ0v) is 12.9. The van der Waals surface area contributed by atoms with Crippen LogP contribution in [-0.2, 0) is 23.0 Å². The van der Waals surface area contributed by atoms with Crippen LogP contribution >= 0.6 is 0 Å². The highest BCUT2D eigenvalue weighted by molar-refractivity contribution is 7.92. The number of aromatic nitrogens is 1. The molecule has 0 amide bonds. The molecule has 1 aromatic heterocycles. The van der Waals surface area contributed by atoms with E-state index in [1.165, 1.54) is 6.07 Å². The maximum Gasteiger partial charge on any atom is 0.279 e. The van der Waals surface area contributed by atoms with Gasteiger partial charge in [-0.2, -0.15) is 8.42 Å². The Morgan fingerprint density at radius 1 is 1.14 bits per heavy atom. The third kappa shape index (κ3) is 4.03.